The van der Waals surface area contributed by atoms with Crippen LogP contribution in [0.3, 0.4) is 0 Å². The number of benzene rings is 1. The van der Waals surface area contributed by atoms with Crippen molar-refractivity contribution in [2.45, 2.75) is 38.3 Å². The second kappa shape index (κ2) is 5.61. The van der Waals surface area contributed by atoms with Gasteiger partial charge < -0.3 is 20.2 Å². The first kappa shape index (κ1) is 14.8. The van der Waals surface area contributed by atoms with Crippen molar-refractivity contribution in [1.29, 1.82) is 0 Å². The third kappa shape index (κ3) is 2.92. The van der Waals surface area contributed by atoms with E-state index in [1.54, 1.807) is 6.07 Å². The summed E-state index contributed by atoms with van der Waals surface area (Å²) in [5, 5.41) is 16.0. The molecule has 0 bridgehead atoms. The van der Waals surface area contributed by atoms with E-state index in [0.29, 0.717) is 16.7 Å². The number of furan rings is 1. The van der Waals surface area contributed by atoms with Crippen molar-refractivity contribution in [3.05, 3.63) is 35.3 Å². The molecule has 0 radical (unpaired) electrons. The first-order chi connectivity index (χ1) is 10.5. The fourth-order valence-corrected chi connectivity index (χ4v) is 2.64. The monoisotopic (exact) mass is 306 g/mol. The summed E-state index contributed by atoms with van der Waals surface area (Å²) >= 11 is 0. The van der Waals surface area contributed by atoms with Crippen LogP contribution in [-0.2, 0) is 6.54 Å². The lowest BCUT2D eigenvalue weighted by Crippen LogP contribution is -2.49. The van der Waals surface area contributed by atoms with Gasteiger partial charge in [0.15, 0.2) is 0 Å². The maximum atomic E-state index is 13.2. The number of nitrogens with one attached hydrogen (secondary N) is 2. The van der Waals surface area contributed by atoms with Gasteiger partial charge in [-0.05, 0) is 44.4 Å². The van der Waals surface area contributed by atoms with Crippen LogP contribution >= 0.6 is 0 Å². The molecule has 1 aromatic carbocycles. The molecule has 118 valence electrons. The van der Waals surface area contributed by atoms with Crippen LogP contribution in [0.25, 0.3) is 11.0 Å². The summed E-state index contributed by atoms with van der Waals surface area (Å²) in [7, 11) is 0. The van der Waals surface area contributed by atoms with Gasteiger partial charge in [-0.15, -0.1) is 0 Å². The largest absolute Gasteiger partial charge is 0.459 e. The number of halogens is 1. The number of aliphatic hydroxyl groups is 1. The van der Waals surface area contributed by atoms with E-state index in [-0.39, 0.29) is 24.9 Å². The van der Waals surface area contributed by atoms with E-state index in [0.717, 1.165) is 24.8 Å². The highest BCUT2D eigenvalue weighted by Gasteiger charge is 2.34. The van der Waals surface area contributed by atoms with Crippen molar-refractivity contribution in [3.63, 3.8) is 0 Å². The summed E-state index contributed by atoms with van der Waals surface area (Å²) in [6.45, 7) is 2.30. The molecule has 0 aliphatic heterocycles. The van der Waals surface area contributed by atoms with Crippen LogP contribution < -0.4 is 10.6 Å². The Morgan fingerprint density at radius 3 is 2.86 bits per heavy atom. The average molecular weight is 306 g/mol. The maximum Gasteiger partial charge on any atom is 0.315 e. The summed E-state index contributed by atoms with van der Waals surface area (Å²) in [6.07, 6.45) is 2.44. The number of urea groups is 1. The molecule has 1 heterocycles. The number of hydrogen-bond acceptors (Lipinski definition) is 3. The fourth-order valence-electron chi connectivity index (χ4n) is 2.64. The van der Waals surface area contributed by atoms with E-state index < -0.39 is 5.60 Å². The second-order valence-electron chi connectivity index (χ2n) is 5.90. The van der Waals surface area contributed by atoms with Crippen molar-refractivity contribution in [3.8, 4) is 0 Å². The minimum absolute atomic E-state index is 0.215. The Hall–Kier alpha value is -2.08. The zero-order valence-electron chi connectivity index (χ0n) is 12.4. The summed E-state index contributed by atoms with van der Waals surface area (Å²) in [5.41, 5.74) is 0.664. The molecule has 3 N–H and O–H groups in total. The van der Waals surface area contributed by atoms with E-state index in [1.165, 1.54) is 12.1 Å². The van der Waals surface area contributed by atoms with Crippen molar-refractivity contribution in [1.82, 2.24) is 10.6 Å². The molecule has 2 amide bonds. The van der Waals surface area contributed by atoms with Gasteiger partial charge in [0.25, 0.3) is 0 Å². The Balaban J connectivity index is 1.59. The van der Waals surface area contributed by atoms with Crippen LogP contribution in [0, 0.1) is 12.7 Å². The van der Waals surface area contributed by atoms with Gasteiger partial charge in [0.2, 0.25) is 0 Å². The minimum Gasteiger partial charge on any atom is -0.459 e. The molecule has 0 unspecified atom stereocenters. The maximum absolute atomic E-state index is 13.2. The summed E-state index contributed by atoms with van der Waals surface area (Å²) in [6, 6.07) is 3.98. The smallest absolute Gasteiger partial charge is 0.315 e. The number of fused-ring (bicyclic) bond motifs is 1. The lowest BCUT2D eigenvalue weighted by atomic mass is 9.80. The number of carbonyl (C=O) groups excluding carboxylic acids is 1. The number of amides is 2. The van der Waals surface area contributed by atoms with E-state index in [9.17, 15) is 14.3 Å². The van der Waals surface area contributed by atoms with Crippen LogP contribution in [0.1, 0.15) is 30.6 Å². The zero-order valence-corrected chi connectivity index (χ0v) is 12.4. The van der Waals surface area contributed by atoms with Gasteiger partial charge in [0, 0.05) is 17.5 Å². The van der Waals surface area contributed by atoms with Crippen LogP contribution in [0.4, 0.5) is 9.18 Å². The summed E-state index contributed by atoms with van der Waals surface area (Å²) in [4.78, 5) is 11.7. The van der Waals surface area contributed by atoms with E-state index >= 15 is 0 Å². The van der Waals surface area contributed by atoms with Gasteiger partial charge in [-0.3, -0.25) is 0 Å². The molecule has 1 saturated carbocycles. The molecule has 6 heteroatoms. The van der Waals surface area contributed by atoms with Gasteiger partial charge in [0.1, 0.15) is 17.2 Å². The van der Waals surface area contributed by atoms with Gasteiger partial charge >= 0.3 is 6.03 Å². The molecule has 0 spiro atoms. The summed E-state index contributed by atoms with van der Waals surface area (Å²) < 4.78 is 18.9. The van der Waals surface area contributed by atoms with E-state index in [2.05, 4.69) is 10.6 Å². The predicted octanol–water partition coefficient (Wildman–Crippen LogP) is 2.59. The first-order valence-electron chi connectivity index (χ1n) is 7.38. The topological polar surface area (TPSA) is 74.5 Å². The van der Waals surface area contributed by atoms with Crippen molar-refractivity contribution < 1.29 is 18.7 Å². The normalized spacial score (nSPS) is 16.3. The highest BCUT2D eigenvalue weighted by atomic mass is 19.1. The van der Waals surface area contributed by atoms with Crippen LogP contribution in [0.5, 0.6) is 0 Å². The van der Waals surface area contributed by atoms with Crippen LogP contribution in [0.2, 0.25) is 0 Å². The Kier molecular flexibility index (Phi) is 3.78. The lowest BCUT2D eigenvalue weighted by Gasteiger charge is -2.36. The Labute approximate surface area is 127 Å². The number of rotatable bonds is 4. The van der Waals surface area contributed by atoms with Crippen molar-refractivity contribution in [2.75, 3.05) is 6.54 Å². The van der Waals surface area contributed by atoms with Gasteiger partial charge in [-0.1, -0.05) is 0 Å². The molecule has 3 rings (SSSR count). The molecule has 0 saturated heterocycles. The van der Waals surface area contributed by atoms with E-state index in [1.807, 2.05) is 6.92 Å². The number of carbonyl (C=O) groups is 1. The molecule has 2 aromatic rings. The van der Waals surface area contributed by atoms with Gasteiger partial charge in [-0.2, -0.15) is 0 Å². The predicted molar refractivity (Wildman–Crippen MR) is 79.9 cm³/mol. The molecule has 1 aromatic heterocycles. The molecule has 1 fully saturated rings. The molecular weight excluding hydrogens is 287 g/mol. The molecular formula is C16H19FN2O3. The Morgan fingerprint density at radius 2 is 2.18 bits per heavy atom. The van der Waals surface area contributed by atoms with Crippen LogP contribution in [0.15, 0.2) is 22.6 Å². The third-order valence-electron chi connectivity index (χ3n) is 4.27. The second-order valence-corrected chi connectivity index (χ2v) is 5.90. The van der Waals surface area contributed by atoms with Crippen LogP contribution in [-0.4, -0.2) is 23.3 Å². The standard InChI is InChI=1S/C16H19FN2O3/c1-10-12-7-11(17)3-4-13(12)22-14(10)8-18-15(20)19-9-16(21)5-2-6-16/h3-4,7,21H,2,5-6,8-9H2,1H3,(H2,18,19,20). The Morgan fingerprint density at radius 1 is 1.41 bits per heavy atom. The fraction of sp³-hybridized carbons (Fsp3) is 0.438. The van der Waals surface area contributed by atoms with E-state index in [4.69, 9.17) is 4.42 Å². The van der Waals surface area contributed by atoms with Gasteiger partial charge in [-0.25, -0.2) is 9.18 Å². The van der Waals surface area contributed by atoms with Crippen molar-refractivity contribution >= 4 is 17.0 Å². The average Bonchev–Trinajstić information content (AvgIpc) is 2.77. The number of aryl methyl sites for hydroxylation is 1. The molecule has 5 nitrogen and oxygen atoms in total. The molecule has 1 aliphatic rings. The quantitative estimate of drug-likeness (QED) is 0.813. The lowest BCUT2D eigenvalue weighted by molar-refractivity contribution is -0.0290. The number of hydrogen-bond donors (Lipinski definition) is 3. The molecule has 1 aliphatic carbocycles. The summed E-state index contributed by atoms with van der Waals surface area (Å²) in [5.74, 6) is 0.278. The molecule has 0 atom stereocenters. The highest BCUT2D eigenvalue weighted by molar-refractivity contribution is 5.82. The minimum atomic E-state index is -0.746. The zero-order chi connectivity index (χ0) is 15.7. The highest BCUT2D eigenvalue weighted by Crippen LogP contribution is 2.30. The first-order valence-corrected chi connectivity index (χ1v) is 7.38. The Bertz CT molecular complexity index is 707. The molecule has 22 heavy (non-hydrogen) atoms. The third-order valence-corrected chi connectivity index (χ3v) is 4.27. The van der Waals surface area contributed by atoms with Crippen molar-refractivity contribution in [2.24, 2.45) is 0 Å². The SMILES string of the molecule is Cc1c(CNC(=O)NCC2(O)CCC2)oc2ccc(F)cc12. The van der Waals surface area contributed by atoms with Gasteiger partial charge in [0.05, 0.1) is 12.1 Å².